The molecule has 2 aliphatic heterocycles. The molecule has 37 heavy (non-hydrogen) atoms. The highest BCUT2D eigenvalue weighted by atomic mass is 19.1. The van der Waals surface area contributed by atoms with Gasteiger partial charge in [0.15, 0.2) is 5.78 Å². The fourth-order valence-corrected chi connectivity index (χ4v) is 4.90. The van der Waals surface area contributed by atoms with E-state index in [0.29, 0.717) is 42.7 Å². The molecule has 0 radical (unpaired) electrons. The van der Waals surface area contributed by atoms with Crippen LogP contribution in [-0.2, 0) is 16.0 Å². The number of hydrogen-bond donors (Lipinski definition) is 1. The van der Waals surface area contributed by atoms with Crippen molar-refractivity contribution < 1.29 is 32.6 Å². The molecular weight excluding hydrogens is 484 g/mol. The minimum atomic E-state index is -0.800. The van der Waals surface area contributed by atoms with E-state index in [2.05, 4.69) is 5.32 Å². The van der Waals surface area contributed by atoms with Gasteiger partial charge in [0, 0.05) is 51.5 Å². The van der Waals surface area contributed by atoms with E-state index in [9.17, 15) is 23.2 Å². The third-order valence-electron chi connectivity index (χ3n) is 7.35. The van der Waals surface area contributed by atoms with Gasteiger partial charge in [-0.15, -0.1) is 0 Å². The molecule has 2 amide bonds. The van der Waals surface area contributed by atoms with E-state index in [0.717, 1.165) is 0 Å². The molecule has 0 saturated carbocycles. The van der Waals surface area contributed by atoms with Gasteiger partial charge >= 0.3 is 12.0 Å². The number of Topliss-reactive ketones (excluding diaryl/α,β-unsaturated/α-hetero) is 1. The van der Waals surface area contributed by atoms with E-state index in [-0.39, 0.29) is 43.1 Å². The number of piperidine rings is 1. The Morgan fingerprint density at radius 2 is 1.86 bits per heavy atom. The molecule has 1 N–H and O–H groups in total. The lowest BCUT2D eigenvalue weighted by atomic mass is 9.77. The SMILES string of the molecule is CO[C@H](C)COC(=O)c1cc(CNC(=O)N2CCC3(CC2)CC(=O)c2cc(F)ccc2N3C)ccc1F. The molecule has 2 aromatic carbocycles. The Labute approximate surface area is 214 Å². The van der Waals surface area contributed by atoms with Crippen LogP contribution in [0.1, 0.15) is 52.5 Å². The Morgan fingerprint density at radius 1 is 1.14 bits per heavy atom. The van der Waals surface area contributed by atoms with Crippen molar-refractivity contribution in [2.24, 2.45) is 0 Å². The van der Waals surface area contributed by atoms with Crippen LogP contribution >= 0.6 is 0 Å². The molecule has 1 spiro atoms. The maximum atomic E-state index is 14.2. The van der Waals surface area contributed by atoms with Gasteiger partial charge in [-0.2, -0.15) is 0 Å². The standard InChI is InChI=1S/C27H31F2N3O5/c1-17(36-3)16-37-25(34)20-12-18(4-6-22(20)29)15-30-26(35)32-10-8-27(9-11-32)14-24(33)21-13-19(28)5-7-23(21)31(27)2/h4-7,12-13,17H,8-11,14-16H2,1-3H3,(H,30,35)/t17-/m1/s1. The second-order valence-electron chi connectivity index (χ2n) is 9.65. The number of rotatable bonds is 6. The fourth-order valence-electron chi connectivity index (χ4n) is 4.90. The highest BCUT2D eigenvalue weighted by Gasteiger charge is 2.45. The number of fused-ring (bicyclic) bond motifs is 1. The summed E-state index contributed by atoms with van der Waals surface area (Å²) in [4.78, 5) is 41.6. The number of nitrogens with zero attached hydrogens (tertiary/aromatic N) is 2. The van der Waals surface area contributed by atoms with Crippen molar-refractivity contribution in [3.05, 3.63) is 64.7 Å². The van der Waals surface area contributed by atoms with Crippen LogP contribution in [0, 0.1) is 11.6 Å². The summed E-state index contributed by atoms with van der Waals surface area (Å²) in [6.07, 6.45) is 1.13. The van der Waals surface area contributed by atoms with Gasteiger partial charge in [0.1, 0.15) is 18.2 Å². The monoisotopic (exact) mass is 515 g/mol. The number of methoxy groups -OCH3 is 1. The number of carbonyl (C=O) groups excluding carboxylic acids is 3. The van der Waals surface area contributed by atoms with Gasteiger partial charge in [0.05, 0.1) is 17.2 Å². The topological polar surface area (TPSA) is 88.2 Å². The maximum Gasteiger partial charge on any atom is 0.341 e. The van der Waals surface area contributed by atoms with Gasteiger partial charge in [-0.3, -0.25) is 4.79 Å². The third-order valence-corrected chi connectivity index (χ3v) is 7.35. The lowest BCUT2D eigenvalue weighted by Gasteiger charge is -2.50. The quantitative estimate of drug-likeness (QED) is 0.587. The summed E-state index contributed by atoms with van der Waals surface area (Å²) in [5.41, 5.74) is 1.02. The lowest BCUT2D eigenvalue weighted by Crippen LogP contribution is -2.59. The zero-order valence-electron chi connectivity index (χ0n) is 21.2. The molecule has 1 atom stereocenters. The molecule has 4 rings (SSSR count). The van der Waals surface area contributed by atoms with E-state index in [1.165, 1.54) is 37.4 Å². The second kappa shape index (κ2) is 10.8. The Balaban J connectivity index is 1.34. The largest absolute Gasteiger partial charge is 0.459 e. The van der Waals surface area contributed by atoms with E-state index in [4.69, 9.17) is 9.47 Å². The number of likely N-dealkylation sites (tertiary alicyclic amines) is 1. The number of benzene rings is 2. The van der Waals surface area contributed by atoms with E-state index < -0.39 is 23.1 Å². The number of amides is 2. The van der Waals surface area contributed by atoms with Gasteiger partial charge < -0.3 is 24.6 Å². The van der Waals surface area contributed by atoms with Gasteiger partial charge in [0.25, 0.3) is 0 Å². The first-order valence-corrected chi connectivity index (χ1v) is 12.2. The molecule has 1 saturated heterocycles. The van der Waals surface area contributed by atoms with E-state index in [1.807, 2.05) is 11.9 Å². The van der Waals surface area contributed by atoms with Gasteiger partial charge in [-0.1, -0.05) is 6.07 Å². The highest BCUT2D eigenvalue weighted by molar-refractivity contribution is 6.04. The van der Waals surface area contributed by atoms with Gasteiger partial charge in [-0.05, 0) is 55.7 Å². The average molecular weight is 516 g/mol. The molecule has 198 valence electrons. The summed E-state index contributed by atoms with van der Waals surface area (Å²) in [6, 6.07) is 8.01. The minimum Gasteiger partial charge on any atom is -0.459 e. The first kappa shape index (κ1) is 26.5. The zero-order chi connectivity index (χ0) is 26.7. The molecular formula is C27H31F2N3O5. The number of urea groups is 1. The number of esters is 1. The minimum absolute atomic E-state index is 0.00452. The fraction of sp³-hybridized carbons (Fsp3) is 0.444. The second-order valence-corrected chi connectivity index (χ2v) is 9.65. The van der Waals surface area contributed by atoms with Crippen LogP contribution in [0.2, 0.25) is 0 Å². The Morgan fingerprint density at radius 3 is 2.57 bits per heavy atom. The first-order chi connectivity index (χ1) is 17.6. The number of carbonyl (C=O) groups is 3. The summed E-state index contributed by atoms with van der Waals surface area (Å²) in [6.45, 7) is 2.71. The van der Waals surface area contributed by atoms with Crippen molar-refractivity contribution in [3.63, 3.8) is 0 Å². The predicted octanol–water partition coefficient (Wildman–Crippen LogP) is 3.92. The van der Waals surface area contributed by atoms with E-state index >= 15 is 0 Å². The summed E-state index contributed by atoms with van der Waals surface area (Å²) in [7, 11) is 3.39. The number of halogens is 2. The number of nitrogens with one attached hydrogen (secondary N) is 1. The molecule has 2 aliphatic rings. The Bertz CT molecular complexity index is 1200. The van der Waals surface area contributed by atoms with Crippen LogP contribution < -0.4 is 10.2 Å². The summed E-state index contributed by atoms with van der Waals surface area (Å²) in [5, 5.41) is 2.82. The number of anilines is 1. The predicted molar refractivity (Wildman–Crippen MR) is 133 cm³/mol. The number of ketones is 1. The van der Waals surface area contributed by atoms with Crippen LogP contribution in [-0.4, -0.2) is 68.2 Å². The summed E-state index contributed by atoms with van der Waals surface area (Å²) in [5.74, 6) is -2.03. The van der Waals surface area contributed by atoms with Crippen LogP contribution in [0.25, 0.3) is 0 Å². The van der Waals surface area contributed by atoms with Crippen molar-refractivity contribution in [1.29, 1.82) is 0 Å². The molecule has 0 aromatic heterocycles. The lowest BCUT2D eigenvalue weighted by molar-refractivity contribution is 0.0165. The normalized spacial score (nSPS) is 17.4. The molecule has 10 heteroatoms. The molecule has 0 aliphatic carbocycles. The average Bonchev–Trinajstić information content (AvgIpc) is 2.90. The van der Waals surface area contributed by atoms with Crippen LogP contribution in [0.5, 0.6) is 0 Å². The van der Waals surface area contributed by atoms with Crippen LogP contribution in [0.15, 0.2) is 36.4 Å². The highest BCUT2D eigenvalue weighted by Crippen LogP contribution is 2.42. The van der Waals surface area contributed by atoms with Crippen LogP contribution in [0.4, 0.5) is 19.3 Å². The first-order valence-electron chi connectivity index (χ1n) is 12.2. The van der Waals surface area contributed by atoms with E-state index in [1.54, 1.807) is 17.9 Å². The van der Waals surface area contributed by atoms with Crippen molar-refractivity contribution in [2.75, 3.05) is 38.8 Å². The third kappa shape index (κ3) is 5.58. The smallest absolute Gasteiger partial charge is 0.341 e. The Kier molecular flexibility index (Phi) is 7.77. The molecule has 8 nitrogen and oxygen atoms in total. The molecule has 0 unspecified atom stereocenters. The van der Waals surface area contributed by atoms with Gasteiger partial charge in [0.2, 0.25) is 0 Å². The zero-order valence-corrected chi connectivity index (χ0v) is 21.2. The van der Waals surface area contributed by atoms with Crippen molar-refractivity contribution >= 4 is 23.5 Å². The van der Waals surface area contributed by atoms with Crippen LogP contribution in [0.3, 0.4) is 0 Å². The molecule has 0 bridgehead atoms. The van der Waals surface area contributed by atoms with Gasteiger partial charge in [-0.25, -0.2) is 18.4 Å². The van der Waals surface area contributed by atoms with Crippen molar-refractivity contribution in [2.45, 2.75) is 44.4 Å². The van der Waals surface area contributed by atoms with Crippen molar-refractivity contribution in [1.82, 2.24) is 10.2 Å². The summed E-state index contributed by atoms with van der Waals surface area (Å²) >= 11 is 0. The van der Waals surface area contributed by atoms with Crippen molar-refractivity contribution in [3.8, 4) is 0 Å². The molecule has 2 aromatic rings. The molecule has 1 fully saturated rings. The maximum absolute atomic E-state index is 14.2. The number of ether oxygens (including phenoxy) is 2. The summed E-state index contributed by atoms with van der Waals surface area (Å²) < 4.78 is 38.0. The molecule has 2 heterocycles. The number of hydrogen-bond acceptors (Lipinski definition) is 6. The Hall–Kier alpha value is -3.53.